The fraction of sp³-hybridized carbons (Fsp3) is 0.273. The van der Waals surface area contributed by atoms with Gasteiger partial charge in [0.05, 0.1) is 33.2 Å². The van der Waals surface area contributed by atoms with Crippen molar-refractivity contribution < 1.29 is 14.5 Å². The minimum atomic E-state index is -0.544. The number of hydrogen-bond acceptors (Lipinski definition) is 5. The second-order valence-electron chi connectivity index (χ2n) is 3.28. The van der Waals surface area contributed by atoms with Crippen molar-refractivity contribution in [3.05, 3.63) is 36.9 Å². The van der Waals surface area contributed by atoms with E-state index in [0.717, 1.165) is 0 Å². The number of hydrogen-bond donors (Lipinski definition) is 0. The third-order valence-corrected chi connectivity index (χ3v) is 3.37. The summed E-state index contributed by atoms with van der Waals surface area (Å²) in [6, 6.07) is 4.52. The van der Waals surface area contributed by atoms with Gasteiger partial charge >= 0.3 is 5.97 Å². The second-order valence-corrected chi connectivity index (χ2v) is 4.35. The first kappa shape index (κ1) is 14.4. The Morgan fingerprint density at radius 2 is 2.28 bits per heavy atom. The van der Waals surface area contributed by atoms with Gasteiger partial charge in [-0.05, 0) is 35.6 Å². The lowest BCUT2D eigenvalue weighted by atomic mass is 10.0. The molecule has 0 aliphatic carbocycles. The average Bonchev–Trinajstić information content (AvgIpc) is 2.31. The Morgan fingerprint density at radius 3 is 2.78 bits per heavy atom. The van der Waals surface area contributed by atoms with Crippen LogP contribution in [0, 0.1) is 25.0 Å². The molecule has 0 aliphatic rings. The minimum absolute atomic E-state index is 0.117. The molecule has 0 saturated heterocycles. The van der Waals surface area contributed by atoms with Crippen LogP contribution >= 0.6 is 22.6 Å². The van der Waals surface area contributed by atoms with Crippen molar-refractivity contribution in [2.75, 3.05) is 6.61 Å². The third-order valence-electron chi connectivity index (χ3n) is 2.17. The Morgan fingerprint density at radius 1 is 1.61 bits per heavy atom. The molecule has 7 heteroatoms. The highest BCUT2D eigenvalue weighted by molar-refractivity contribution is 14.1. The Labute approximate surface area is 117 Å². The van der Waals surface area contributed by atoms with Crippen molar-refractivity contribution in [2.45, 2.75) is 13.3 Å². The fourth-order valence-electron chi connectivity index (χ4n) is 1.38. The molecule has 1 aromatic rings. The van der Waals surface area contributed by atoms with E-state index in [9.17, 15) is 14.9 Å². The number of carbonyl (C=O) groups is 1. The van der Waals surface area contributed by atoms with Crippen LogP contribution in [0.2, 0.25) is 0 Å². The van der Waals surface area contributed by atoms with E-state index in [4.69, 9.17) is 10.00 Å². The molecule has 0 radical (unpaired) electrons. The average molecular weight is 360 g/mol. The predicted octanol–water partition coefficient (Wildman–Crippen LogP) is 2.18. The van der Waals surface area contributed by atoms with Crippen molar-refractivity contribution in [1.29, 1.82) is 5.26 Å². The first-order valence-electron chi connectivity index (χ1n) is 5.02. The first-order chi connectivity index (χ1) is 8.51. The molecule has 6 nitrogen and oxygen atoms in total. The smallest absolute Gasteiger partial charge is 0.310 e. The summed E-state index contributed by atoms with van der Waals surface area (Å²) in [5.41, 5.74) is 0.470. The SMILES string of the molecule is CCOC(=O)Cc1c(C#N)ccc([N+](=O)[O-])c1I. The van der Waals surface area contributed by atoms with Gasteiger partial charge in [0.15, 0.2) is 0 Å². The molecule has 18 heavy (non-hydrogen) atoms. The highest BCUT2D eigenvalue weighted by atomic mass is 127. The van der Waals surface area contributed by atoms with Crippen LogP contribution in [0.25, 0.3) is 0 Å². The molecule has 0 N–H and O–H groups in total. The van der Waals surface area contributed by atoms with Crippen LogP contribution in [0.4, 0.5) is 5.69 Å². The summed E-state index contributed by atoms with van der Waals surface area (Å²) >= 11 is 1.77. The van der Waals surface area contributed by atoms with Crippen molar-refractivity contribution in [1.82, 2.24) is 0 Å². The summed E-state index contributed by atoms with van der Waals surface area (Å²) in [6.45, 7) is 1.90. The summed E-state index contributed by atoms with van der Waals surface area (Å²) in [4.78, 5) is 21.7. The topological polar surface area (TPSA) is 93.2 Å². The van der Waals surface area contributed by atoms with E-state index in [1.165, 1.54) is 12.1 Å². The lowest BCUT2D eigenvalue weighted by Gasteiger charge is -2.07. The van der Waals surface area contributed by atoms with E-state index in [-0.39, 0.29) is 24.3 Å². The maximum absolute atomic E-state index is 11.4. The van der Waals surface area contributed by atoms with Gasteiger partial charge in [-0.15, -0.1) is 0 Å². The van der Waals surface area contributed by atoms with Gasteiger partial charge in [0.2, 0.25) is 0 Å². The largest absolute Gasteiger partial charge is 0.466 e. The zero-order chi connectivity index (χ0) is 13.7. The molecule has 94 valence electrons. The van der Waals surface area contributed by atoms with Crippen LogP contribution in [0.5, 0.6) is 0 Å². The van der Waals surface area contributed by atoms with Gasteiger partial charge in [-0.25, -0.2) is 0 Å². The van der Waals surface area contributed by atoms with Crippen LogP contribution < -0.4 is 0 Å². The number of ether oxygens (including phenoxy) is 1. The summed E-state index contributed by atoms with van der Waals surface area (Å²) < 4.78 is 5.08. The van der Waals surface area contributed by atoms with Crippen LogP contribution in [-0.2, 0) is 16.0 Å². The predicted molar refractivity (Wildman–Crippen MR) is 70.9 cm³/mol. The Kier molecular flexibility index (Phi) is 5.03. The molecule has 0 aromatic heterocycles. The summed E-state index contributed by atoms with van der Waals surface area (Å²) in [6.07, 6.45) is -0.142. The number of nitro benzene ring substituents is 1. The molecule has 0 heterocycles. The quantitative estimate of drug-likeness (QED) is 0.355. The molecular weight excluding hydrogens is 351 g/mol. The van der Waals surface area contributed by atoms with Crippen molar-refractivity contribution >= 4 is 34.2 Å². The summed E-state index contributed by atoms with van der Waals surface area (Å²) in [5.74, 6) is -0.507. The Bertz CT molecular complexity index is 537. The molecule has 0 unspecified atom stereocenters. The molecule has 0 atom stereocenters. The number of halogens is 1. The summed E-state index contributed by atoms with van der Waals surface area (Å²) in [5, 5.41) is 19.7. The molecule has 0 fully saturated rings. The summed E-state index contributed by atoms with van der Waals surface area (Å²) in [7, 11) is 0. The normalized spacial score (nSPS) is 9.61. The minimum Gasteiger partial charge on any atom is -0.466 e. The van der Waals surface area contributed by atoms with Gasteiger partial charge in [-0.3, -0.25) is 14.9 Å². The molecule has 0 aliphatic heterocycles. The van der Waals surface area contributed by atoms with E-state index in [1.807, 2.05) is 6.07 Å². The lowest BCUT2D eigenvalue weighted by molar-refractivity contribution is -0.385. The molecule has 0 spiro atoms. The number of nitriles is 1. The van der Waals surface area contributed by atoms with Gasteiger partial charge < -0.3 is 4.74 Å². The standard InChI is InChI=1S/C11H9IN2O4/c1-2-18-10(15)5-8-7(6-13)3-4-9(11(8)12)14(16)17/h3-4H,2,5H2,1H3. The highest BCUT2D eigenvalue weighted by Gasteiger charge is 2.20. The monoisotopic (exact) mass is 360 g/mol. The zero-order valence-electron chi connectivity index (χ0n) is 9.47. The second kappa shape index (κ2) is 6.30. The number of nitrogens with zero attached hydrogens (tertiary/aromatic N) is 2. The van der Waals surface area contributed by atoms with Crippen LogP contribution in [0.15, 0.2) is 12.1 Å². The van der Waals surface area contributed by atoms with Crippen molar-refractivity contribution in [3.8, 4) is 6.07 Å². The number of esters is 1. The van der Waals surface area contributed by atoms with Gasteiger partial charge in [0, 0.05) is 11.6 Å². The van der Waals surface area contributed by atoms with Crippen LogP contribution in [0.1, 0.15) is 18.1 Å². The van der Waals surface area contributed by atoms with E-state index in [2.05, 4.69) is 0 Å². The molecule has 0 amide bonds. The molecule has 0 bridgehead atoms. The Hall–Kier alpha value is -1.69. The van der Waals surface area contributed by atoms with E-state index >= 15 is 0 Å². The fourth-order valence-corrected chi connectivity index (χ4v) is 2.24. The lowest BCUT2D eigenvalue weighted by Crippen LogP contribution is -2.11. The zero-order valence-corrected chi connectivity index (χ0v) is 11.6. The first-order valence-corrected chi connectivity index (χ1v) is 6.10. The van der Waals surface area contributed by atoms with E-state index in [1.54, 1.807) is 29.5 Å². The van der Waals surface area contributed by atoms with E-state index in [0.29, 0.717) is 9.13 Å². The molecule has 1 rings (SSSR count). The van der Waals surface area contributed by atoms with Gasteiger partial charge in [-0.1, -0.05) is 0 Å². The van der Waals surface area contributed by atoms with Crippen molar-refractivity contribution in [3.63, 3.8) is 0 Å². The van der Waals surface area contributed by atoms with Crippen LogP contribution in [0.3, 0.4) is 0 Å². The maximum atomic E-state index is 11.4. The number of carbonyl (C=O) groups excluding carboxylic acids is 1. The molecule has 0 saturated carbocycles. The molecule has 1 aromatic carbocycles. The Balaban J connectivity index is 3.22. The van der Waals surface area contributed by atoms with Crippen LogP contribution in [-0.4, -0.2) is 17.5 Å². The maximum Gasteiger partial charge on any atom is 0.310 e. The molecular formula is C11H9IN2O4. The van der Waals surface area contributed by atoms with Gasteiger partial charge in [-0.2, -0.15) is 5.26 Å². The van der Waals surface area contributed by atoms with Gasteiger partial charge in [0.1, 0.15) is 0 Å². The highest BCUT2D eigenvalue weighted by Crippen LogP contribution is 2.27. The third kappa shape index (κ3) is 3.16. The van der Waals surface area contributed by atoms with Crippen molar-refractivity contribution in [2.24, 2.45) is 0 Å². The number of nitro groups is 1. The van der Waals surface area contributed by atoms with E-state index < -0.39 is 10.9 Å². The van der Waals surface area contributed by atoms with Gasteiger partial charge in [0.25, 0.3) is 5.69 Å². The number of rotatable bonds is 4. The number of benzene rings is 1.